The van der Waals surface area contributed by atoms with Crippen molar-refractivity contribution in [1.82, 2.24) is 9.97 Å². The highest BCUT2D eigenvalue weighted by Crippen LogP contribution is 2.04. The van der Waals surface area contributed by atoms with Crippen LogP contribution in [0.1, 0.15) is 6.42 Å². The van der Waals surface area contributed by atoms with E-state index in [-0.39, 0.29) is 0 Å². The molecule has 0 aromatic carbocycles. The zero-order valence-electron chi connectivity index (χ0n) is 9.63. The minimum atomic E-state index is 0.930. The Morgan fingerprint density at radius 1 is 0.824 bits per heavy atom. The van der Waals surface area contributed by atoms with Crippen LogP contribution in [0.5, 0.6) is 0 Å². The second-order valence-electron chi connectivity index (χ2n) is 3.69. The summed E-state index contributed by atoms with van der Waals surface area (Å²) in [4.78, 5) is 8.09. The van der Waals surface area contributed by atoms with Gasteiger partial charge in [0.2, 0.25) is 0 Å². The molecule has 2 aromatic rings. The summed E-state index contributed by atoms with van der Waals surface area (Å²) in [5.74, 6) is 0. The minimum Gasteiger partial charge on any atom is -0.384 e. The number of hydrogen-bond donors (Lipinski definition) is 2. The van der Waals surface area contributed by atoms with Crippen molar-refractivity contribution in [3.8, 4) is 0 Å². The van der Waals surface area contributed by atoms with Gasteiger partial charge in [-0.05, 0) is 30.7 Å². The molecule has 17 heavy (non-hydrogen) atoms. The number of hydrogen-bond acceptors (Lipinski definition) is 4. The summed E-state index contributed by atoms with van der Waals surface area (Å²) >= 11 is 0. The monoisotopic (exact) mass is 228 g/mol. The highest BCUT2D eigenvalue weighted by Gasteiger charge is 1.92. The van der Waals surface area contributed by atoms with Crippen molar-refractivity contribution < 1.29 is 0 Å². The first-order valence-corrected chi connectivity index (χ1v) is 5.73. The Labute approximate surface area is 101 Å². The lowest BCUT2D eigenvalue weighted by atomic mass is 10.3. The smallest absolute Gasteiger partial charge is 0.0526 e. The van der Waals surface area contributed by atoms with Crippen molar-refractivity contribution in [3.05, 3.63) is 49.1 Å². The summed E-state index contributed by atoms with van der Waals surface area (Å²) in [6.45, 7) is 1.86. The molecule has 0 unspecified atom stereocenters. The van der Waals surface area contributed by atoms with Gasteiger partial charge in [-0.25, -0.2) is 0 Å². The summed E-state index contributed by atoms with van der Waals surface area (Å²) in [5.41, 5.74) is 2.13. The van der Waals surface area contributed by atoms with Gasteiger partial charge in [-0.2, -0.15) is 0 Å². The van der Waals surface area contributed by atoms with Crippen LogP contribution in [0, 0.1) is 0 Å². The van der Waals surface area contributed by atoms with Crippen molar-refractivity contribution in [2.45, 2.75) is 6.42 Å². The molecule has 4 heteroatoms. The van der Waals surface area contributed by atoms with Crippen LogP contribution in [0.2, 0.25) is 0 Å². The van der Waals surface area contributed by atoms with Gasteiger partial charge >= 0.3 is 0 Å². The minimum absolute atomic E-state index is 0.930. The molecule has 2 aromatic heterocycles. The van der Waals surface area contributed by atoms with E-state index in [1.807, 2.05) is 36.7 Å². The number of anilines is 2. The average molecular weight is 228 g/mol. The van der Waals surface area contributed by atoms with Crippen LogP contribution in [0.15, 0.2) is 49.1 Å². The molecule has 0 aliphatic heterocycles. The van der Waals surface area contributed by atoms with Crippen LogP contribution in [-0.2, 0) is 0 Å². The molecule has 0 saturated carbocycles. The van der Waals surface area contributed by atoms with Crippen LogP contribution < -0.4 is 10.6 Å². The van der Waals surface area contributed by atoms with Crippen LogP contribution in [0.3, 0.4) is 0 Å². The number of rotatable bonds is 6. The molecule has 0 bridgehead atoms. The van der Waals surface area contributed by atoms with E-state index in [0.717, 1.165) is 30.9 Å². The fourth-order valence-electron chi connectivity index (χ4n) is 1.49. The normalized spacial score (nSPS) is 9.88. The summed E-state index contributed by atoms with van der Waals surface area (Å²) in [6, 6.07) is 7.88. The van der Waals surface area contributed by atoms with E-state index < -0.39 is 0 Å². The first kappa shape index (κ1) is 11.4. The van der Waals surface area contributed by atoms with Gasteiger partial charge in [0.05, 0.1) is 11.4 Å². The van der Waals surface area contributed by atoms with Crippen molar-refractivity contribution in [1.29, 1.82) is 0 Å². The molecule has 0 fully saturated rings. The van der Waals surface area contributed by atoms with E-state index in [1.165, 1.54) is 0 Å². The summed E-state index contributed by atoms with van der Waals surface area (Å²) in [6.07, 6.45) is 8.25. The summed E-state index contributed by atoms with van der Waals surface area (Å²) < 4.78 is 0. The average Bonchev–Trinajstić information content (AvgIpc) is 2.41. The van der Waals surface area contributed by atoms with Crippen molar-refractivity contribution in [2.24, 2.45) is 0 Å². The second kappa shape index (κ2) is 6.48. The molecule has 0 spiro atoms. The molecule has 0 amide bonds. The Hall–Kier alpha value is -2.10. The number of pyridine rings is 2. The Kier molecular flexibility index (Phi) is 4.34. The molecular formula is C13H16N4. The lowest BCUT2D eigenvalue weighted by molar-refractivity contribution is 0.907. The first-order valence-electron chi connectivity index (χ1n) is 5.73. The van der Waals surface area contributed by atoms with Crippen LogP contribution in [0.4, 0.5) is 11.4 Å². The highest BCUT2D eigenvalue weighted by atomic mass is 14.9. The molecule has 0 atom stereocenters. The van der Waals surface area contributed by atoms with Crippen LogP contribution in [-0.4, -0.2) is 23.1 Å². The molecule has 2 heterocycles. The van der Waals surface area contributed by atoms with E-state index >= 15 is 0 Å². The fourth-order valence-corrected chi connectivity index (χ4v) is 1.49. The molecule has 0 radical (unpaired) electrons. The molecule has 2 N–H and O–H groups in total. The van der Waals surface area contributed by atoms with Gasteiger partial charge in [0.1, 0.15) is 0 Å². The van der Waals surface area contributed by atoms with E-state index in [9.17, 15) is 0 Å². The molecule has 0 aliphatic carbocycles. The fraction of sp³-hybridized carbons (Fsp3) is 0.231. The standard InChI is InChI=1S/C13H16N4/c1-4-12(10-14-6-1)16-8-3-9-17-13-5-2-7-15-11-13/h1-2,4-7,10-11,16-17H,3,8-9H2. The van der Waals surface area contributed by atoms with E-state index in [0.29, 0.717) is 0 Å². The topological polar surface area (TPSA) is 49.8 Å². The van der Waals surface area contributed by atoms with E-state index in [2.05, 4.69) is 20.6 Å². The van der Waals surface area contributed by atoms with Gasteiger partial charge in [0, 0.05) is 37.9 Å². The highest BCUT2D eigenvalue weighted by molar-refractivity contribution is 5.40. The Morgan fingerprint density at radius 2 is 1.35 bits per heavy atom. The van der Waals surface area contributed by atoms with Crippen molar-refractivity contribution >= 4 is 11.4 Å². The second-order valence-corrected chi connectivity index (χ2v) is 3.69. The Balaban J connectivity index is 1.61. The number of aromatic nitrogens is 2. The van der Waals surface area contributed by atoms with Gasteiger partial charge in [-0.1, -0.05) is 0 Å². The maximum absolute atomic E-state index is 4.04. The Morgan fingerprint density at radius 3 is 1.76 bits per heavy atom. The largest absolute Gasteiger partial charge is 0.384 e. The van der Waals surface area contributed by atoms with Crippen LogP contribution in [0.25, 0.3) is 0 Å². The third-order valence-electron chi connectivity index (χ3n) is 2.33. The number of nitrogens with zero attached hydrogens (tertiary/aromatic N) is 2. The zero-order valence-corrected chi connectivity index (χ0v) is 9.63. The molecule has 0 aliphatic rings. The first-order chi connectivity index (χ1) is 8.45. The predicted octanol–water partition coefficient (Wildman–Crippen LogP) is 2.39. The maximum Gasteiger partial charge on any atom is 0.0526 e. The lowest BCUT2D eigenvalue weighted by Crippen LogP contribution is -2.09. The third kappa shape index (κ3) is 4.10. The SMILES string of the molecule is c1cncc(NCCCNc2cccnc2)c1. The van der Waals surface area contributed by atoms with Gasteiger partial charge in [-0.3, -0.25) is 9.97 Å². The molecule has 0 saturated heterocycles. The lowest BCUT2D eigenvalue weighted by Gasteiger charge is -2.07. The predicted molar refractivity (Wildman–Crippen MR) is 70.1 cm³/mol. The van der Waals surface area contributed by atoms with Gasteiger partial charge in [0.25, 0.3) is 0 Å². The summed E-state index contributed by atoms with van der Waals surface area (Å²) in [5, 5.41) is 6.63. The van der Waals surface area contributed by atoms with Gasteiger partial charge < -0.3 is 10.6 Å². The van der Waals surface area contributed by atoms with Gasteiger partial charge in [0.15, 0.2) is 0 Å². The zero-order chi connectivity index (χ0) is 11.8. The molecular weight excluding hydrogens is 212 g/mol. The molecule has 4 nitrogen and oxygen atoms in total. The van der Waals surface area contributed by atoms with Crippen molar-refractivity contribution in [2.75, 3.05) is 23.7 Å². The Bertz CT molecular complexity index is 374. The van der Waals surface area contributed by atoms with Gasteiger partial charge in [-0.15, -0.1) is 0 Å². The molecule has 88 valence electrons. The van der Waals surface area contributed by atoms with E-state index in [1.54, 1.807) is 12.4 Å². The number of nitrogens with one attached hydrogen (secondary N) is 2. The van der Waals surface area contributed by atoms with Crippen LogP contribution >= 0.6 is 0 Å². The maximum atomic E-state index is 4.04. The van der Waals surface area contributed by atoms with E-state index in [4.69, 9.17) is 0 Å². The quantitative estimate of drug-likeness (QED) is 0.745. The molecule has 2 rings (SSSR count). The third-order valence-corrected chi connectivity index (χ3v) is 2.33. The van der Waals surface area contributed by atoms with Crippen molar-refractivity contribution in [3.63, 3.8) is 0 Å². The summed E-state index contributed by atoms with van der Waals surface area (Å²) in [7, 11) is 0.